The number of rotatable bonds is 5. The molecule has 10 heteroatoms. The van der Waals surface area contributed by atoms with Crippen LogP contribution in [-0.4, -0.2) is 18.1 Å². The zero-order valence-corrected chi connectivity index (χ0v) is 19.8. The molecule has 4 rings (SSSR count). The maximum absolute atomic E-state index is 11.1. The number of phenols is 1. The van der Waals surface area contributed by atoms with Gasteiger partial charge in [0.15, 0.2) is 0 Å². The number of nitrogens with zero attached hydrogens (tertiary/aromatic N) is 4. The molecule has 0 bridgehead atoms. The first-order chi connectivity index (χ1) is 14.9. The summed E-state index contributed by atoms with van der Waals surface area (Å²) in [6.45, 7) is 0. The van der Waals surface area contributed by atoms with Crippen LogP contribution in [-0.2, 0) is 10.1 Å². The van der Waals surface area contributed by atoms with Crippen LogP contribution in [0.1, 0.15) is 0 Å². The van der Waals surface area contributed by atoms with Gasteiger partial charge in [-0.05, 0) is 60.7 Å². The number of benzene rings is 4. The van der Waals surface area contributed by atoms with E-state index in [-0.39, 0.29) is 40.2 Å². The van der Waals surface area contributed by atoms with Crippen LogP contribution >= 0.6 is 0 Å². The van der Waals surface area contributed by atoms with Gasteiger partial charge in [-0.3, -0.25) is 4.55 Å². The third-order valence-corrected chi connectivity index (χ3v) is 5.28. The summed E-state index contributed by atoms with van der Waals surface area (Å²) in [7, 11) is -4.24. The van der Waals surface area contributed by atoms with E-state index in [2.05, 4.69) is 20.5 Å². The minimum Gasteiger partial charge on any atom is -0.507 e. The van der Waals surface area contributed by atoms with Gasteiger partial charge in [0.1, 0.15) is 5.75 Å². The summed E-state index contributed by atoms with van der Waals surface area (Å²) in [5.41, 5.74) is 2.28. The summed E-state index contributed by atoms with van der Waals surface area (Å²) in [6.07, 6.45) is 0. The second-order valence-corrected chi connectivity index (χ2v) is 7.96. The van der Waals surface area contributed by atoms with Crippen molar-refractivity contribution in [1.29, 1.82) is 0 Å². The van der Waals surface area contributed by atoms with Gasteiger partial charge in [0, 0.05) is 10.8 Å². The molecule has 2 N–H and O–H groups in total. The molecule has 4 aromatic rings. The van der Waals surface area contributed by atoms with Gasteiger partial charge in [-0.25, -0.2) is 0 Å². The fourth-order valence-corrected chi connectivity index (χ4v) is 3.33. The molecule has 0 saturated carbocycles. The van der Waals surface area contributed by atoms with Crippen molar-refractivity contribution < 1.29 is 47.6 Å². The Morgan fingerprint density at radius 3 is 1.59 bits per heavy atom. The number of azo groups is 2. The first-order valence-electron chi connectivity index (χ1n) is 9.12. The van der Waals surface area contributed by atoms with Gasteiger partial charge >= 0.3 is 29.6 Å². The Hall–Kier alpha value is -2.95. The molecule has 0 atom stereocenters. The van der Waals surface area contributed by atoms with Crippen LogP contribution in [0.4, 0.5) is 22.7 Å². The van der Waals surface area contributed by atoms with E-state index in [1.807, 2.05) is 24.3 Å². The molecule has 154 valence electrons. The number of aromatic hydroxyl groups is 1. The standard InChI is InChI=1S/C22H16N4O4S.Na/c27-22-14-13-21(19-3-1-2-4-20(19)22)26-25-16-7-5-15(6-8-16)23-24-17-9-11-18(12-10-17)31(28,29)30;/h1-14,27H,(H,28,29,30);/q;+1. The minimum absolute atomic E-state index is 0. The average molecular weight is 455 g/mol. The average Bonchev–Trinajstić information content (AvgIpc) is 2.78. The SMILES string of the molecule is O=S(=O)(O)c1ccc(N=Nc2ccc(N=Nc3ccc(O)c4ccccc34)cc2)cc1.[Na+]. The number of hydrogen-bond acceptors (Lipinski definition) is 7. The van der Waals surface area contributed by atoms with Gasteiger partial charge in [0.05, 0.1) is 27.6 Å². The van der Waals surface area contributed by atoms with E-state index >= 15 is 0 Å². The Morgan fingerprint density at radius 1 is 0.594 bits per heavy atom. The van der Waals surface area contributed by atoms with Crippen LogP contribution < -0.4 is 29.6 Å². The van der Waals surface area contributed by atoms with E-state index < -0.39 is 10.1 Å². The summed E-state index contributed by atoms with van der Waals surface area (Å²) >= 11 is 0. The van der Waals surface area contributed by atoms with Crippen molar-refractivity contribution >= 4 is 43.6 Å². The molecule has 0 radical (unpaired) electrons. The van der Waals surface area contributed by atoms with Crippen molar-refractivity contribution in [2.45, 2.75) is 4.90 Å². The molecule has 0 aliphatic rings. The van der Waals surface area contributed by atoms with Crippen molar-refractivity contribution in [1.82, 2.24) is 0 Å². The fourth-order valence-electron chi connectivity index (χ4n) is 2.85. The molecule has 0 aliphatic heterocycles. The van der Waals surface area contributed by atoms with E-state index in [9.17, 15) is 13.5 Å². The molecule has 0 saturated heterocycles. The smallest absolute Gasteiger partial charge is 0.507 e. The summed E-state index contributed by atoms with van der Waals surface area (Å²) in [6, 6.07) is 23.0. The van der Waals surface area contributed by atoms with Crippen LogP contribution in [0, 0.1) is 0 Å². The van der Waals surface area contributed by atoms with Crippen LogP contribution in [0.2, 0.25) is 0 Å². The molecular formula is C22H16N4NaO4S+. The van der Waals surface area contributed by atoms with E-state index in [1.54, 1.807) is 36.4 Å². The molecule has 0 aromatic heterocycles. The predicted octanol–water partition coefficient (Wildman–Crippen LogP) is 3.63. The quantitative estimate of drug-likeness (QED) is 0.271. The van der Waals surface area contributed by atoms with Crippen molar-refractivity contribution in [2.75, 3.05) is 0 Å². The maximum atomic E-state index is 11.1. The third kappa shape index (κ3) is 5.64. The van der Waals surface area contributed by atoms with Crippen molar-refractivity contribution in [3.8, 4) is 5.75 Å². The monoisotopic (exact) mass is 455 g/mol. The third-order valence-electron chi connectivity index (χ3n) is 4.42. The summed E-state index contributed by atoms with van der Waals surface area (Å²) in [4.78, 5) is -0.206. The number of hydrogen-bond donors (Lipinski definition) is 2. The number of phenolic OH excluding ortho intramolecular Hbond substituents is 1. The summed E-state index contributed by atoms with van der Waals surface area (Å²) < 4.78 is 31.1. The largest absolute Gasteiger partial charge is 1.00 e. The Labute approximate surface area is 206 Å². The minimum atomic E-state index is -4.24. The molecule has 0 aliphatic carbocycles. The van der Waals surface area contributed by atoms with Crippen LogP contribution in [0.3, 0.4) is 0 Å². The zero-order valence-electron chi connectivity index (χ0n) is 17.0. The van der Waals surface area contributed by atoms with Crippen LogP contribution in [0.25, 0.3) is 10.8 Å². The van der Waals surface area contributed by atoms with Gasteiger partial charge in [-0.2, -0.15) is 23.8 Å². The van der Waals surface area contributed by atoms with E-state index in [0.29, 0.717) is 28.1 Å². The Morgan fingerprint density at radius 2 is 1.06 bits per heavy atom. The molecule has 0 amide bonds. The van der Waals surface area contributed by atoms with Crippen molar-refractivity contribution in [2.24, 2.45) is 20.5 Å². The first-order valence-corrected chi connectivity index (χ1v) is 10.6. The molecule has 0 fully saturated rings. The Balaban J connectivity index is 0.00000289. The van der Waals surface area contributed by atoms with Crippen LogP contribution in [0.5, 0.6) is 5.75 Å². The van der Waals surface area contributed by atoms with E-state index in [4.69, 9.17) is 4.55 Å². The van der Waals surface area contributed by atoms with Gasteiger partial charge < -0.3 is 5.11 Å². The predicted molar refractivity (Wildman–Crippen MR) is 117 cm³/mol. The Bertz CT molecular complexity index is 1400. The van der Waals surface area contributed by atoms with Gasteiger partial charge in [-0.1, -0.05) is 24.3 Å². The summed E-state index contributed by atoms with van der Waals surface area (Å²) in [5, 5.41) is 28.1. The van der Waals surface area contributed by atoms with E-state index in [0.717, 1.165) is 5.39 Å². The molecule has 0 heterocycles. The number of fused-ring (bicyclic) bond motifs is 1. The first kappa shape index (κ1) is 23.7. The maximum Gasteiger partial charge on any atom is 1.00 e. The van der Waals surface area contributed by atoms with Crippen molar-refractivity contribution in [3.05, 3.63) is 84.9 Å². The second kappa shape index (κ2) is 10.1. The molecular weight excluding hydrogens is 439 g/mol. The topological polar surface area (TPSA) is 124 Å². The van der Waals surface area contributed by atoms with Gasteiger partial charge in [-0.15, -0.1) is 5.11 Å². The van der Waals surface area contributed by atoms with Gasteiger partial charge in [0.2, 0.25) is 0 Å². The van der Waals surface area contributed by atoms with E-state index in [1.165, 1.54) is 24.3 Å². The molecule has 0 unspecified atom stereocenters. The Kier molecular flexibility index (Phi) is 7.49. The van der Waals surface area contributed by atoms with Crippen molar-refractivity contribution in [3.63, 3.8) is 0 Å². The second-order valence-electron chi connectivity index (χ2n) is 6.53. The van der Waals surface area contributed by atoms with Gasteiger partial charge in [0.25, 0.3) is 10.1 Å². The summed E-state index contributed by atoms with van der Waals surface area (Å²) in [5.74, 6) is 0.192. The zero-order chi connectivity index (χ0) is 21.8. The molecule has 4 aromatic carbocycles. The molecule has 8 nitrogen and oxygen atoms in total. The molecule has 32 heavy (non-hydrogen) atoms. The fraction of sp³-hybridized carbons (Fsp3) is 0. The molecule has 0 spiro atoms. The normalized spacial score (nSPS) is 11.8. The van der Waals surface area contributed by atoms with Crippen LogP contribution in [0.15, 0.2) is 110 Å².